The van der Waals surface area contributed by atoms with E-state index in [1.54, 1.807) is 6.20 Å². The second-order valence-corrected chi connectivity index (χ2v) is 3.72. The van der Waals surface area contributed by atoms with Gasteiger partial charge in [-0.3, -0.25) is 9.78 Å². The quantitative estimate of drug-likeness (QED) is 0.676. The number of methoxy groups -OCH3 is 1. The van der Waals surface area contributed by atoms with Crippen LogP contribution in [0.1, 0.15) is 18.5 Å². The van der Waals surface area contributed by atoms with Crippen molar-refractivity contribution in [2.75, 3.05) is 13.7 Å². The molecule has 0 saturated heterocycles. The molecule has 2 N–H and O–H groups in total. The minimum atomic E-state index is -0.544. The number of aromatic nitrogens is 1. The van der Waals surface area contributed by atoms with E-state index in [1.165, 1.54) is 7.11 Å². The maximum Gasteiger partial charge on any atom is 0.305 e. The number of carbonyl (C=O) groups is 1. The van der Waals surface area contributed by atoms with Gasteiger partial charge in [0, 0.05) is 25.7 Å². The second-order valence-electron chi connectivity index (χ2n) is 3.72. The molecule has 5 nitrogen and oxygen atoms in total. The third kappa shape index (κ3) is 5.99. The van der Waals surface area contributed by atoms with Gasteiger partial charge in [0.15, 0.2) is 0 Å². The second kappa shape index (κ2) is 7.76. The van der Waals surface area contributed by atoms with Crippen LogP contribution in [0.4, 0.5) is 0 Å². The van der Waals surface area contributed by atoms with Crippen LogP contribution in [0.25, 0.3) is 0 Å². The molecule has 0 bridgehead atoms. The summed E-state index contributed by atoms with van der Waals surface area (Å²) in [5.41, 5.74) is 0.924. The van der Waals surface area contributed by atoms with Crippen LogP contribution in [0, 0.1) is 0 Å². The maximum absolute atomic E-state index is 10.8. The van der Waals surface area contributed by atoms with Crippen LogP contribution >= 0.6 is 0 Å². The van der Waals surface area contributed by atoms with Gasteiger partial charge in [-0.25, -0.2) is 0 Å². The average Bonchev–Trinajstić information content (AvgIpc) is 2.37. The number of hydrogen-bond acceptors (Lipinski definition) is 5. The van der Waals surface area contributed by atoms with Crippen molar-refractivity contribution in [1.82, 2.24) is 10.3 Å². The van der Waals surface area contributed by atoms with E-state index in [0.717, 1.165) is 5.69 Å². The minimum Gasteiger partial charge on any atom is -0.469 e. The van der Waals surface area contributed by atoms with Gasteiger partial charge in [0.1, 0.15) is 0 Å². The summed E-state index contributed by atoms with van der Waals surface area (Å²) in [6.45, 7) is 1.05. The summed E-state index contributed by atoms with van der Waals surface area (Å²) in [5, 5.41) is 12.7. The summed E-state index contributed by atoms with van der Waals surface area (Å²) < 4.78 is 4.49. The van der Waals surface area contributed by atoms with E-state index in [4.69, 9.17) is 0 Å². The molecule has 1 unspecified atom stereocenters. The van der Waals surface area contributed by atoms with Gasteiger partial charge in [0.25, 0.3) is 0 Å². The molecule has 1 aromatic heterocycles. The molecular formula is C12H18N2O3. The smallest absolute Gasteiger partial charge is 0.305 e. The third-order valence-electron chi connectivity index (χ3n) is 2.32. The number of hydrogen-bond donors (Lipinski definition) is 2. The van der Waals surface area contributed by atoms with Gasteiger partial charge in [0.2, 0.25) is 0 Å². The van der Waals surface area contributed by atoms with Crippen molar-refractivity contribution in [2.45, 2.75) is 25.5 Å². The predicted molar refractivity (Wildman–Crippen MR) is 63.2 cm³/mol. The number of esters is 1. The fraction of sp³-hybridized carbons (Fsp3) is 0.500. The Morgan fingerprint density at radius 1 is 1.59 bits per heavy atom. The normalized spacial score (nSPS) is 12.1. The summed E-state index contributed by atoms with van der Waals surface area (Å²) in [7, 11) is 1.34. The molecule has 94 valence electrons. The monoisotopic (exact) mass is 238 g/mol. The zero-order chi connectivity index (χ0) is 12.5. The highest BCUT2D eigenvalue weighted by atomic mass is 16.5. The first-order valence-electron chi connectivity index (χ1n) is 5.58. The van der Waals surface area contributed by atoms with Crippen molar-refractivity contribution < 1.29 is 14.6 Å². The Bertz CT molecular complexity index is 330. The van der Waals surface area contributed by atoms with E-state index in [1.807, 2.05) is 18.2 Å². The molecule has 0 amide bonds. The molecule has 1 heterocycles. The minimum absolute atomic E-state index is 0.239. The number of ether oxygens (including phenoxy) is 1. The summed E-state index contributed by atoms with van der Waals surface area (Å²) in [4.78, 5) is 15.0. The lowest BCUT2D eigenvalue weighted by atomic mass is 10.2. The van der Waals surface area contributed by atoms with E-state index < -0.39 is 6.10 Å². The van der Waals surface area contributed by atoms with Gasteiger partial charge >= 0.3 is 5.97 Å². The van der Waals surface area contributed by atoms with Crippen LogP contribution in [0.15, 0.2) is 24.4 Å². The Morgan fingerprint density at radius 3 is 3.06 bits per heavy atom. The molecule has 17 heavy (non-hydrogen) atoms. The standard InChI is InChI=1S/C12H18N2O3/c1-17-12(16)6-5-11(15)9-13-8-10-4-2-3-7-14-10/h2-4,7,11,13,15H,5-6,8-9H2,1H3. The summed E-state index contributed by atoms with van der Waals surface area (Å²) in [6.07, 6.45) is 1.83. The topological polar surface area (TPSA) is 71.5 Å². The molecule has 0 aliphatic carbocycles. The highest BCUT2D eigenvalue weighted by Gasteiger charge is 2.07. The summed E-state index contributed by atoms with van der Waals surface area (Å²) >= 11 is 0. The fourth-order valence-electron chi connectivity index (χ4n) is 1.36. The third-order valence-corrected chi connectivity index (χ3v) is 2.32. The van der Waals surface area contributed by atoms with E-state index in [9.17, 15) is 9.90 Å². The van der Waals surface area contributed by atoms with Crippen molar-refractivity contribution in [2.24, 2.45) is 0 Å². The van der Waals surface area contributed by atoms with Gasteiger partial charge in [-0.05, 0) is 18.6 Å². The zero-order valence-corrected chi connectivity index (χ0v) is 9.93. The number of aliphatic hydroxyl groups excluding tert-OH is 1. The summed E-state index contributed by atoms with van der Waals surface area (Å²) in [6, 6.07) is 5.68. The van der Waals surface area contributed by atoms with Gasteiger partial charge in [0.05, 0.1) is 18.9 Å². The highest BCUT2D eigenvalue weighted by Crippen LogP contribution is 1.98. The molecule has 0 saturated carbocycles. The SMILES string of the molecule is COC(=O)CCC(O)CNCc1ccccn1. The number of rotatable bonds is 7. The van der Waals surface area contributed by atoms with Gasteiger partial charge < -0.3 is 15.2 Å². The van der Waals surface area contributed by atoms with E-state index in [2.05, 4.69) is 15.0 Å². The number of pyridine rings is 1. The van der Waals surface area contributed by atoms with E-state index in [0.29, 0.717) is 19.5 Å². The maximum atomic E-state index is 10.8. The zero-order valence-electron chi connectivity index (χ0n) is 9.93. The highest BCUT2D eigenvalue weighted by molar-refractivity contribution is 5.69. The first-order chi connectivity index (χ1) is 8.22. The number of nitrogens with one attached hydrogen (secondary N) is 1. The molecule has 0 spiro atoms. The lowest BCUT2D eigenvalue weighted by Gasteiger charge is -2.10. The Balaban J connectivity index is 2.12. The number of carbonyl (C=O) groups excluding carboxylic acids is 1. The molecule has 5 heteroatoms. The molecule has 1 atom stereocenters. The lowest BCUT2D eigenvalue weighted by molar-refractivity contribution is -0.141. The molecule has 0 radical (unpaired) electrons. The molecule has 0 aliphatic rings. The molecule has 0 fully saturated rings. The first kappa shape index (κ1) is 13.6. The van der Waals surface area contributed by atoms with Crippen LogP contribution in [0.2, 0.25) is 0 Å². The summed E-state index contributed by atoms with van der Waals surface area (Å²) in [5.74, 6) is -0.297. The van der Waals surface area contributed by atoms with Gasteiger partial charge in [-0.1, -0.05) is 6.07 Å². The molecule has 1 aromatic rings. The van der Waals surface area contributed by atoms with Gasteiger partial charge in [-0.15, -0.1) is 0 Å². The molecule has 1 rings (SSSR count). The van der Waals surface area contributed by atoms with Crippen LogP contribution in [0.5, 0.6) is 0 Å². The van der Waals surface area contributed by atoms with Crippen molar-refractivity contribution in [1.29, 1.82) is 0 Å². The van der Waals surface area contributed by atoms with Gasteiger partial charge in [-0.2, -0.15) is 0 Å². The van der Waals surface area contributed by atoms with Crippen LogP contribution in [0.3, 0.4) is 0 Å². The lowest BCUT2D eigenvalue weighted by Crippen LogP contribution is -2.27. The Kier molecular flexibility index (Phi) is 6.21. The van der Waals surface area contributed by atoms with E-state index in [-0.39, 0.29) is 12.4 Å². The Labute approximate surface area is 101 Å². The first-order valence-corrected chi connectivity index (χ1v) is 5.58. The van der Waals surface area contributed by atoms with Crippen LogP contribution < -0.4 is 5.32 Å². The van der Waals surface area contributed by atoms with Crippen LogP contribution in [-0.4, -0.2) is 35.8 Å². The Hall–Kier alpha value is -1.46. The fourth-order valence-corrected chi connectivity index (χ4v) is 1.36. The predicted octanol–water partition coefficient (Wildman–Crippen LogP) is 0.485. The van der Waals surface area contributed by atoms with Crippen LogP contribution in [-0.2, 0) is 16.1 Å². The largest absolute Gasteiger partial charge is 0.469 e. The van der Waals surface area contributed by atoms with Crippen molar-refractivity contribution in [3.05, 3.63) is 30.1 Å². The average molecular weight is 238 g/mol. The molecule has 0 aromatic carbocycles. The number of aliphatic hydroxyl groups is 1. The van der Waals surface area contributed by atoms with Crippen molar-refractivity contribution in [3.8, 4) is 0 Å². The van der Waals surface area contributed by atoms with E-state index >= 15 is 0 Å². The van der Waals surface area contributed by atoms with Crippen molar-refractivity contribution >= 4 is 5.97 Å². The molecule has 0 aliphatic heterocycles. The number of nitrogens with zero attached hydrogens (tertiary/aromatic N) is 1. The Morgan fingerprint density at radius 2 is 2.41 bits per heavy atom. The molecular weight excluding hydrogens is 220 g/mol. The van der Waals surface area contributed by atoms with Crippen molar-refractivity contribution in [3.63, 3.8) is 0 Å².